The minimum Gasteiger partial charge on any atom is -0.481 e. The largest absolute Gasteiger partial charge is 0.481 e. The van der Waals surface area contributed by atoms with Gasteiger partial charge in [-0.05, 0) is 24.0 Å². The molecule has 0 aromatic heterocycles. The predicted molar refractivity (Wildman–Crippen MR) is 142 cm³/mol. The van der Waals surface area contributed by atoms with Crippen molar-refractivity contribution in [3.63, 3.8) is 0 Å². The number of hydrogen-bond donors (Lipinski definition) is 7. The Bertz CT molecular complexity index is 1190. The van der Waals surface area contributed by atoms with Crippen molar-refractivity contribution < 1.29 is 39.0 Å². The van der Waals surface area contributed by atoms with Gasteiger partial charge in [-0.3, -0.25) is 24.0 Å². The van der Waals surface area contributed by atoms with Crippen LogP contribution in [-0.4, -0.2) is 69.9 Å². The third kappa shape index (κ3) is 10.9. The van der Waals surface area contributed by atoms with E-state index >= 15 is 0 Å². The van der Waals surface area contributed by atoms with Crippen molar-refractivity contribution in [2.24, 2.45) is 11.5 Å². The molecule has 13 nitrogen and oxygen atoms in total. The molecule has 13 heteroatoms. The maximum Gasteiger partial charge on any atom is 0.326 e. The number of aliphatic carboxylic acids is 2. The van der Waals surface area contributed by atoms with Crippen molar-refractivity contribution in [3.05, 3.63) is 71.8 Å². The van der Waals surface area contributed by atoms with Crippen molar-refractivity contribution in [1.29, 1.82) is 0 Å². The molecule has 4 atom stereocenters. The van der Waals surface area contributed by atoms with Gasteiger partial charge in [0.25, 0.3) is 0 Å². The molecule has 0 aliphatic carbocycles. The molecule has 0 aliphatic rings. The van der Waals surface area contributed by atoms with Crippen LogP contribution in [0.25, 0.3) is 0 Å². The summed E-state index contributed by atoms with van der Waals surface area (Å²) < 4.78 is 0. The summed E-state index contributed by atoms with van der Waals surface area (Å²) in [5.41, 5.74) is 12.6. The molecular formula is C27H33N5O8. The fraction of sp³-hybridized carbons (Fsp3) is 0.333. The second kappa shape index (κ2) is 15.6. The van der Waals surface area contributed by atoms with Crippen LogP contribution in [0.2, 0.25) is 0 Å². The molecule has 0 saturated heterocycles. The molecule has 4 unspecified atom stereocenters. The lowest BCUT2D eigenvalue weighted by Crippen LogP contribution is -2.58. The van der Waals surface area contributed by atoms with Gasteiger partial charge >= 0.3 is 11.9 Å². The quantitative estimate of drug-likeness (QED) is 0.135. The maximum absolute atomic E-state index is 13.0. The first-order chi connectivity index (χ1) is 19.0. The summed E-state index contributed by atoms with van der Waals surface area (Å²) in [5, 5.41) is 25.7. The molecule has 214 valence electrons. The molecule has 0 aliphatic heterocycles. The van der Waals surface area contributed by atoms with Crippen LogP contribution in [-0.2, 0) is 41.6 Å². The number of carboxylic acids is 2. The molecule has 0 saturated carbocycles. The van der Waals surface area contributed by atoms with E-state index in [1.165, 1.54) is 0 Å². The van der Waals surface area contributed by atoms with E-state index in [1.807, 2.05) is 0 Å². The highest BCUT2D eigenvalue weighted by Crippen LogP contribution is 2.07. The van der Waals surface area contributed by atoms with Gasteiger partial charge in [0.1, 0.15) is 18.1 Å². The lowest BCUT2D eigenvalue weighted by atomic mass is 10.0. The van der Waals surface area contributed by atoms with Crippen LogP contribution < -0.4 is 27.4 Å². The van der Waals surface area contributed by atoms with Crippen LogP contribution in [0, 0.1) is 0 Å². The molecule has 4 amide bonds. The fourth-order valence-corrected chi connectivity index (χ4v) is 3.78. The summed E-state index contributed by atoms with van der Waals surface area (Å²) in [6.07, 6.45) is -1.49. The standard InChI is InChI=1S/C27H33N5O8/c28-18(13-16-7-3-1-4-8-16)24(36)31-20(15-22(29)33)26(38)30-19(11-12-23(34)35)25(37)32-21(27(39)40)14-17-9-5-2-6-10-17/h1-10,18-21H,11-15,28H2,(H2,29,33)(H,30,38)(H,31,36)(H,32,37)(H,34,35)(H,39,40). The van der Waals surface area contributed by atoms with Gasteiger partial charge in [0, 0.05) is 12.8 Å². The third-order valence-electron chi connectivity index (χ3n) is 5.85. The molecule has 0 fully saturated rings. The van der Waals surface area contributed by atoms with E-state index in [0.717, 1.165) is 5.56 Å². The van der Waals surface area contributed by atoms with Crippen LogP contribution in [0.3, 0.4) is 0 Å². The first-order valence-corrected chi connectivity index (χ1v) is 12.4. The van der Waals surface area contributed by atoms with Crippen LogP contribution >= 0.6 is 0 Å². The van der Waals surface area contributed by atoms with Gasteiger partial charge in [-0.1, -0.05) is 60.7 Å². The first-order valence-electron chi connectivity index (χ1n) is 12.4. The summed E-state index contributed by atoms with van der Waals surface area (Å²) in [5.74, 6) is -6.25. The highest BCUT2D eigenvalue weighted by molar-refractivity contribution is 5.96. The molecule has 2 rings (SSSR count). The van der Waals surface area contributed by atoms with Crippen LogP contribution in [0.5, 0.6) is 0 Å². The fourth-order valence-electron chi connectivity index (χ4n) is 3.78. The molecule has 0 spiro atoms. The number of amides is 4. The van der Waals surface area contributed by atoms with Gasteiger partial charge in [0.15, 0.2) is 0 Å². The number of hydrogen-bond acceptors (Lipinski definition) is 7. The average Bonchev–Trinajstić information content (AvgIpc) is 2.90. The number of nitrogens with two attached hydrogens (primary N) is 2. The number of benzene rings is 2. The summed E-state index contributed by atoms with van der Waals surface area (Å²) in [4.78, 5) is 73.3. The van der Waals surface area contributed by atoms with E-state index in [1.54, 1.807) is 60.7 Å². The molecule has 2 aromatic rings. The van der Waals surface area contributed by atoms with Crippen molar-refractivity contribution in [3.8, 4) is 0 Å². The number of carboxylic acid groups (broad SMARTS) is 2. The van der Waals surface area contributed by atoms with Crippen LogP contribution in [0.4, 0.5) is 0 Å². The molecule has 0 radical (unpaired) electrons. The second-order valence-electron chi connectivity index (χ2n) is 9.11. The van der Waals surface area contributed by atoms with Gasteiger partial charge in [-0.2, -0.15) is 0 Å². The van der Waals surface area contributed by atoms with Gasteiger partial charge < -0.3 is 37.6 Å². The van der Waals surface area contributed by atoms with E-state index in [0.29, 0.717) is 5.56 Å². The third-order valence-corrected chi connectivity index (χ3v) is 5.85. The van der Waals surface area contributed by atoms with Gasteiger partial charge in [0.05, 0.1) is 12.5 Å². The molecule has 2 aromatic carbocycles. The van der Waals surface area contributed by atoms with Gasteiger partial charge in [0.2, 0.25) is 23.6 Å². The predicted octanol–water partition coefficient (Wildman–Crippen LogP) is -0.922. The lowest BCUT2D eigenvalue weighted by Gasteiger charge is -2.24. The number of rotatable bonds is 16. The molecule has 40 heavy (non-hydrogen) atoms. The van der Waals surface area contributed by atoms with Crippen molar-refractivity contribution in [2.45, 2.75) is 56.3 Å². The monoisotopic (exact) mass is 555 g/mol. The number of nitrogens with one attached hydrogen (secondary N) is 3. The van der Waals surface area contributed by atoms with E-state index in [2.05, 4.69) is 16.0 Å². The smallest absolute Gasteiger partial charge is 0.326 e. The van der Waals surface area contributed by atoms with Crippen molar-refractivity contribution in [1.82, 2.24) is 16.0 Å². The van der Waals surface area contributed by atoms with Gasteiger partial charge in [-0.15, -0.1) is 0 Å². The zero-order chi connectivity index (χ0) is 29.7. The lowest BCUT2D eigenvalue weighted by molar-refractivity contribution is -0.143. The summed E-state index contributed by atoms with van der Waals surface area (Å²) >= 11 is 0. The first kappa shape index (κ1) is 31.4. The normalized spacial score (nSPS) is 13.6. The zero-order valence-electron chi connectivity index (χ0n) is 21.6. The number of carbonyl (C=O) groups excluding carboxylic acids is 4. The summed E-state index contributed by atoms with van der Waals surface area (Å²) in [7, 11) is 0. The Labute approximate surface area is 230 Å². The van der Waals surface area contributed by atoms with Gasteiger partial charge in [-0.25, -0.2) is 4.79 Å². The van der Waals surface area contributed by atoms with Crippen molar-refractivity contribution in [2.75, 3.05) is 0 Å². The van der Waals surface area contributed by atoms with Crippen LogP contribution in [0.15, 0.2) is 60.7 Å². The van der Waals surface area contributed by atoms with Crippen molar-refractivity contribution >= 4 is 35.6 Å². The van der Waals surface area contributed by atoms with E-state index in [9.17, 15) is 33.9 Å². The SMILES string of the molecule is NC(=O)CC(NC(=O)C(N)Cc1ccccc1)C(=O)NC(CCC(=O)O)C(=O)NC(Cc1ccccc1)C(=O)O. The molecule has 0 heterocycles. The second-order valence-corrected chi connectivity index (χ2v) is 9.11. The summed E-state index contributed by atoms with van der Waals surface area (Å²) in [6.45, 7) is 0. The van der Waals surface area contributed by atoms with Crippen LogP contribution in [0.1, 0.15) is 30.4 Å². The zero-order valence-corrected chi connectivity index (χ0v) is 21.6. The minimum atomic E-state index is -1.52. The Morgan fingerprint density at radius 3 is 1.65 bits per heavy atom. The molecular weight excluding hydrogens is 522 g/mol. The number of primary amides is 1. The highest BCUT2D eigenvalue weighted by Gasteiger charge is 2.31. The van der Waals surface area contributed by atoms with E-state index in [-0.39, 0.29) is 12.8 Å². The summed E-state index contributed by atoms with van der Waals surface area (Å²) in [6, 6.07) is 11.8. The Morgan fingerprint density at radius 1 is 0.675 bits per heavy atom. The Hall–Kier alpha value is -4.78. The topological polar surface area (TPSA) is 231 Å². The molecule has 9 N–H and O–H groups in total. The maximum atomic E-state index is 13.0. The average molecular weight is 556 g/mol. The highest BCUT2D eigenvalue weighted by atomic mass is 16.4. The Kier molecular flexibility index (Phi) is 12.3. The molecule has 0 bridgehead atoms. The Balaban J connectivity index is 2.15. The van der Waals surface area contributed by atoms with E-state index < -0.39 is 79.0 Å². The minimum absolute atomic E-state index is 0.0683. The number of carbonyl (C=O) groups is 6. The van der Waals surface area contributed by atoms with E-state index in [4.69, 9.17) is 16.6 Å². The Morgan fingerprint density at radius 2 is 1.15 bits per heavy atom.